The second kappa shape index (κ2) is 18.8. The van der Waals surface area contributed by atoms with E-state index in [1.54, 1.807) is 0 Å². The summed E-state index contributed by atoms with van der Waals surface area (Å²) in [6.07, 6.45) is 30.0. The highest BCUT2D eigenvalue weighted by molar-refractivity contribution is 5.13. The molecule has 0 aliphatic rings. The quantitative estimate of drug-likeness (QED) is 0.143. The number of rotatable bonds is 21. The molecule has 0 aliphatic carbocycles. The maximum Gasteiger partial charge on any atom is 0.257 e. The molecule has 0 radical (unpaired) electrons. The summed E-state index contributed by atoms with van der Waals surface area (Å²) in [5, 5.41) is 0. The average Bonchev–Trinajstić information content (AvgIpc) is 3.30. The Kier molecular flexibility index (Phi) is 15.8. The van der Waals surface area contributed by atoms with Crippen LogP contribution in [0.5, 0.6) is 0 Å². The van der Waals surface area contributed by atoms with Gasteiger partial charge in [-0.15, -0.1) is 0 Å². The molecule has 2 nitrogen and oxygen atoms in total. The molecule has 0 spiro atoms. The largest absolute Gasteiger partial charge is 0.257 e. The van der Waals surface area contributed by atoms with E-state index in [4.69, 9.17) is 0 Å². The third-order valence-corrected chi connectivity index (χ3v) is 7.20. The summed E-state index contributed by atoms with van der Waals surface area (Å²) < 4.78 is 2.38. The number of unbranched alkanes of at least 4 members (excludes halogenated alkanes) is 16. The molecule has 1 aromatic carbocycles. The van der Waals surface area contributed by atoms with E-state index in [2.05, 4.69) is 66.1 Å². The molecule has 33 heavy (non-hydrogen) atoms. The predicted molar refractivity (Wildman–Crippen MR) is 144 cm³/mol. The molecule has 1 N–H and O–H groups in total. The zero-order valence-electron chi connectivity index (χ0n) is 22.0. The van der Waals surface area contributed by atoms with E-state index < -0.39 is 0 Å². The lowest BCUT2D eigenvalue weighted by atomic mass is 10.00. The normalized spacial score (nSPS) is 12.3. The molecular weight excluding hydrogens is 400 g/mol. The van der Waals surface area contributed by atoms with E-state index in [1.165, 1.54) is 127 Å². The zero-order chi connectivity index (χ0) is 23.4. The van der Waals surface area contributed by atoms with Crippen molar-refractivity contribution >= 4 is 0 Å². The molecule has 0 saturated carbocycles. The number of benzene rings is 1. The van der Waals surface area contributed by atoms with Gasteiger partial charge in [-0.3, -0.25) is 0 Å². The molecule has 186 valence electrons. The Morgan fingerprint density at radius 1 is 0.667 bits per heavy atom. The second-order valence-electron chi connectivity index (χ2n) is 10.3. The molecule has 2 heteroatoms. The Labute approximate surface area is 205 Å². The SMILES string of the molecule is CCCCCCCCCCCCCCCCCCC[C@H](C)c1[nH]cc[n+]1Cc1ccccc1. The fourth-order valence-corrected chi connectivity index (χ4v) is 5.03. The average molecular weight is 454 g/mol. The van der Waals surface area contributed by atoms with Crippen molar-refractivity contribution in [1.82, 2.24) is 4.98 Å². The summed E-state index contributed by atoms with van der Waals surface area (Å²) in [6, 6.07) is 10.8. The fraction of sp³-hybridized carbons (Fsp3) is 0.710. The van der Waals surface area contributed by atoms with Crippen LogP contribution >= 0.6 is 0 Å². The number of nitrogens with one attached hydrogen (secondary N) is 1. The van der Waals surface area contributed by atoms with Crippen molar-refractivity contribution in [1.29, 1.82) is 0 Å². The first-order chi connectivity index (χ1) is 16.3. The van der Waals surface area contributed by atoms with E-state index in [-0.39, 0.29) is 0 Å². The Morgan fingerprint density at radius 3 is 1.67 bits per heavy atom. The first-order valence-electron chi connectivity index (χ1n) is 14.4. The summed E-state index contributed by atoms with van der Waals surface area (Å²) in [4.78, 5) is 3.50. The topological polar surface area (TPSA) is 19.7 Å². The van der Waals surface area contributed by atoms with Gasteiger partial charge in [0.1, 0.15) is 18.9 Å². The van der Waals surface area contributed by atoms with Gasteiger partial charge >= 0.3 is 0 Å². The van der Waals surface area contributed by atoms with Crippen molar-refractivity contribution in [2.45, 2.75) is 142 Å². The van der Waals surface area contributed by atoms with Gasteiger partial charge in [0.15, 0.2) is 0 Å². The van der Waals surface area contributed by atoms with E-state index in [9.17, 15) is 0 Å². The zero-order valence-corrected chi connectivity index (χ0v) is 22.0. The van der Waals surface area contributed by atoms with Gasteiger partial charge in [-0.05, 0) is 12.0 Å². The molecule has 0 fully saturated rings. The molecule has 0 amide bonds. The highest BCUT2D eigenvalue weighted by atomic mass is 15.1. The van der Waals surface area contributed by atoms with Crippen LogP contribution in [-0.4, -0.2) is 4.98 Å². The van der Waals surface area contributed by atoms with Crippen LogP contribution < -0.4 is 4.57 Å². The van der Waals surface area contributed by atoms with Gasteiger partial charge in [-0.1, -0.05) is 153 Å². The maximum atomic E-state index is 3.50. The summed E-state index contributed by atoms with van der Waals surface area (Å²) in [5.74, 6) is 1.97. The molecule has 0 saturated heterocycles. The third kappa shape index (κ3) is 13.0. The van der Waals surface area contributed by atoms with Crippen molar-refractivity contribution < 1.29 is 4.57 Å². The summed E-state index contributed by atoms with van der Waals surface area (Å²) in [7, 11) is 0. The van der Waals surface area contributed by atoms with Crippen LogP contribution in [-0.2, 0) is 6.54 Å². The molecule has 1 atom stereocenters. The van der Waals surface area contributed by atoms with E-state index in [1.807, 2.05) is 0 Å². The minimum absolute atomic E-state index is 0.597. The minimum atomic E-state index is 0.597. The summed E-state index contributed by atoms with van der Waals surface area (Å²) in [5.41, 5.74) is 1.37. The molecule has 1 heterocycles. The van der Waals surface area contributed by atoms with Gasteiger partial charge in [0.05, 0.1) is 5.92 Å². The lowest BCUT2D eigenvalue weighted by molar-refractivity contribution is -0.695. The van der Waals surface area contributed by atoms with Crippen molar-refractivity contribution in [2.75, 3.05) is 0 Å². The number of H-pyrrole nitrogens is 1. The van der Waals surface area contributed by atoms with Gasteiger partial charge in [-0.25, -0.2) is 9.55 Å². The summed E-state index contributed by atoms with van der Waals surface area (Å²) >= 11 is 0. The van der Waals surface area contributed by atoms with Crippen LogP contribution in [0.2, 0.25) is 0 Å². The van der Waals surface area contributed by atoms with Crippen LogP contribution in [0.4, 0.5) is 0 Å². The van der Waals surface area contributed by atoms with Gasteiger partial charge < -0.3 is 0 Å². The lowest BCUT2D eigenvalue weighted by Crippen LogP contribution is -2.37. The van der Waals surface area contributed by atoms with E-state index >= 15 is 0 Å². The Hall–Kier alpha value is -1.57. The van der Waals surface area contributed by atoms with Gasteiger partial charge in [0.2, 0.25) is 0 Å². The molecule has 0 bridgehead atoms. The Bertz CT molecular complexity index is 675. The van der Waals surface area contributed by atoms with E-state index in [0.717, 1.165) is 6.54 Å². The second-order valence-corrected chi connectivity index (χ2v) is 10.3. The third-order valence-electron chi connectivity index (χ3n) is 7.20. The molecule has 1 aromatic heterocycles. The van der Waals surface area contributed by atoms with Gasteiger partial charge in [0, 0.05) is 0 Å². The number of imidazole rings is 1. The first kappa shape index (κ1) is 27.7. The molecule has 0 aliphatic heterocycles. The highest BCUT2D eigenvalue weighted by Gasteiger charge is 2.18. The van der Waals surface area contributed by atoms with Crippen LogP contribution in [0.25, 0.3) is 0 Å². The number of aromatic amines is 1. The van der Waals surface area contributed by atoms with Crippen LogP contribution in [0, 0.1) is 0 Å². The monoisotopic (exact) mass is 453 g/mol. The van der Waals surface area contributed by atoms with Crippen molar-refractivity contribution in [3.8, 4) is 0 Å². The first-order valence-corrected chi connectivity index (χ1v) is 14.4. The summed E-state index contributed by atoms with van der Waals surface area (Å²) in [6.45, 7) is 5.64. The maximum absolute atomic E-state index is 3.50. The Morgan fingerprint density at radius 2 is 1.15 bits per heavy atom. The van der Waals surface area contributed by atoms with Crippen molar-refractivity contribution in [2.24, 2.45) is 0 Å². The lowest BCUT2D eigenvalue weighted by Gasteiger charge is -2.09. The van der Waals surface area contributed by atoms with E-state index in [0.29, 0.717) is 5.92 Å². The number of aromatic nitrogens is 2. The molecular formula is C31H53N2+. The van der Waals surface area contributed by atoms with Crippen molar-refractivity contribution in [3.05, 3.63) is 54.1 Å². The molecule has 2 rings (SSSR count). The van der Waals surface area contributed by atoms with Crippen molar-refractivity contribution in [3.63, 3.8) is 0 Å². The predicted octanol–water partition coefficient (Wildman–Crippen LogP) is 9.50. The number of hydrogen-bond acceptors (Lipinski definition) is 0. The van der Waals surface area contributed by atoms with Gasteiger partial charge in [0.25, 0.3) is 5.82 Å². The smallest absolute Gasteiger partial charge is 0.247 e. The van der Waals surface area contributed by atoms with Crippen LogP contribution in [0.1, 0.15) is 147 Å². The van der Waals surface area contributed by atoms with Crippen LogP contribution in [0.15, 0.2) is 42.7 Å². The number of nitrogens with zero attached hydrogens (tertiary/aromatic N) is 1. The minimum Gasteiger partial charge on any atom is -0.247 e. The Balaban J connectivity index is 1.39. The standard InChI is InChI=1S/C31H52N2/c1-3-4-5-6-7-8-9-10-11-12-13-14-15-16-17-18-20-23-29(2)31-32-26-27-33(31)28-30-24-21-19-22-25-30/h19,21-22,24-27,29H,3-18,20,23,28H2,1-2H3/p+1/t29-/m0/s1. The highest BCUT2D eigenvalue weighted by Crippen LogP contribution is 2.19. The van der Waals surface area contributed by atoms with Crippen LogP contribution in [0.3, 0.4) is 0 Å². The number of hydrogen-bond donors (Lipinski definition) is 1. The molecule has 0 unspecified atom stereocenters. The fourth-order valence-electron chi connectivity index (χ4n) is 5.03. The van der Waals surface area contributed by atoms with Gasteiger partial charge in [-0.2, -0.15) is 0 Å². The molecule has 2 aromatic rings.